The molecule has 1 aliphatic heterocycles. The lowest BCUT2D eigenvalue weighted by atomic mass is 9.98. The average Bonchev–Trinajstić information content (AvgIpc) is 3.10. The number of piperidine rings is 1. The molecule has 1 amide bonds. The summed E-state index contributed by atoms with van der Waals surface area (Å²) in [6.45, 7) is 0.687. The minimum atomic E-state index is -3.54. The standard InChI is InChI=1S/C18H24Cl2N2O3S/c19-15-8-7-14(17(20)10-15)12-26(24,25)22-9-3-4-13(11-22)18(23)21-16-5-1-2-6-16/h7-8,10,13,16H,1-6,9,11-12H2,(H,21,23)/t13-/m1/s1. The largest absolute Gasteiger partial charge is 0.353 e. The predicted octanol–water partition coefficient (Wildman–Crippen LogP) is 3.59. The van der Waals surface area contributed by atoms with Crippen molar-refractivity contribution in [2.24, 2.45) is 5.92 Å². The highest BCUT2D eigenvalue weighted by Gasteiger charge is 2.33. The first kappa shape index (κ1) is 19.9. The molecule has 144 valence electrons. The number of rotatable bonds is 5. The van der Waals surface area contributed by atoms with Gasteiger partial charge in [-0.25, -0.2) is 12.7 Å². The van der Waals surface area contributed by atoms with Crippen molar-refractivity contribution < 1.29 is 13.2 Å². The maximum atomic E-state index is 12.8. The lowest BCUT2D eigenvalue weighted by Gasteiger charge is -2.32. The van der Waals surface area contributed by atoms with E-state index < -0.39 is 10.0 Å². The molecule has 1 N–H and O–H groups in total. The highest BCUT2D eigenvalue weighted by molar-refractivity contribution is 7.88. The molecule has 0 aromatic heterocycles. The van der Waals surface area contributed by atoms with Crippen molar-refractivity contribution in [3.05, 3.63) is 33.8 Å². The number of hydrogen-bond donors (Lipinski definition) is 1. The van der Waals surface area contributed by atoms with Gasteiger partial charge in [0.2, 0.25) is 15.9 Å². The fourth-order valence-electron chi connectivity index (χ4n) is 3.72. The normalized spacial score (nSPS) is 22.5. The Hall–Kier alpha value is -0.820. The summed E-state index contributed by atoms with van der Waals surface area (Å²) < 4.78 is 27.0. The smallest absolute Gasteiger partial charge is 0.224 e. The highest BCUT2D eigenvalue weighted by atomic mass is 35.5. The van der Waals surface area contributed by atoms with E-state index in [2.05, 4.69) is 5.32 Å². The lowest BCUT2D eigenvalue weighted by Crippen LogP contribution is -2.47. The van der Waals surface area contributed by atoms with E-state index in [1.807, 2.05) is 0 Å². The third kappa shape index (κ3) is 4.91. The molecule has 1 aliphatic carbocycles. The third-order valence-electron chi connectivity index (χ3n) is 5.20. The Balaban J connectivity index is 1.64. The maximum Gasteiger partial charge on any atom is 0.224 e. The van der Waals surface area contributed by atoms with Gasteiger partial charge in [0, 0.05) is 29.2 Å². The molecule has 0 radical (unpaired) electrons. The number of halogens is 2. The molecule has 8 heteroatoms. The van der Waals surface area contributed by atoms with Crippen LogP contribution in [0.25, 0.3) is 0 Å². The predicted molar refractivity (Wildman–Crippen MR) is 104 cm³/mol. The van der Waals surface area contributed by atoms with Crippen LogP contribution in [0.2, 0.25) is 10.0 Å². The number of carbonyl (C=O) groups is 1. The van der Waals surface area contributed by atoms with E-state index in [4.69, 9.17) is 23.2 Å². The van der Waals surface area contributed by atoms with Crippen LogP contribution >= 0.6 is 23.2 Å². The molecule has 1 heterocycles. The number of sulfonamides is 1. The number of carbonyl (C=O) groups excluding carboxylic acids is 1. The van der Waals surface area contributed by atoms with Crippen LogP contribution in [0.5, 0.6) is 0 Å². The zero-order valence-electron chi connectivity index (χ0n) is 14.6. The first-order chi connectivity index (χ1) is 12.3. The first-order valence-corrected chi connectivity index (χ1v) is 11.4. The van der Waals surface area contributed by atoms with Crippen LogP contribution in [0, 0.1) is 5.92 Å². The van der Waals surface area contributed by atoms with Gasteiger partial charge in [-0.2, -0.15) is 0 Å². The van der Waals surface area contributed by atoms with Crippen LogP contribution in [0.3, 0.4) is 0 Å². The third-order valence-corrected chi connectivity index (χ3v) is 7.58. The van der Waals surface area contributed by atoms with Crippen LogP contribution in [-0.4, -0.2) is 37.8 Å². The molecule has 26 heavy (non-hydrogen) atoms. The number of benzene rings is 1. The molecule has 0 spiro atoms. The zero-order valence-corrected chi connectivity index (χ0v) is 16.9. The van der Waals surface area contributed by atoms with Gasteiger partial charge < -0.3 is 5.32 Å². The summed E-state index contributed by atoms with van der Waals surface area (Å²) in [6.07, 6.45) is 5.77. The van der Waals surface area contributed by atoms with Gasteiger partial charge in [0.25, 0.3) is 0 Å². The molecule has 1 aromatic rings. The van der Waals surface area contributed by atoms with E-state index in [-0.39, 0.29) is 30.2 Å². The van der Waals surface area contributed by atoms with E-state index >= 15 is 0 Å². The van der Waals surface area contributed by atoms with E-state index in [0.29, 0.717) is 28.6 Å². The van der Waals surface area contributed by atoms with Gasteiger partial charge >= 0.3 is 0 Å². The van der Waals surface area contributed by atoms with Crippen LogP contribution in [-0.2, 0) is 20.6 Å². The summed E-state index contributed by atoms with van der Waals surface area (Å²) in [5, 5.41) is 3.90. The second kappa shape index (κ2) is 8.46. The summed E-state index contributed by atoms with van der Waals surface area (Å²) in [5.74, 6) is -0.471. The number of hydrogen-bond acceptors (Lipinski definition) is 3. The van der Waals surface area contributed by atoms with E-state index in [9.17, 15) is 13.2 Å². The second-order valence-corrected chi connectivity index (χ2v) is 9.99. The summed E-state index contributed by atoms with van der Waals surface area (Å²) in [6, 6.07) is 5.06. The fourth-order valence-corrected chi connectivity index (χ4v) is 5.92. The molecule has 0 unspecified atom stereocenters. The van der Waals surface area contributed by atoms with E-state index in [0.717, 1.165) is 32.1 Å². The molecule has 2 fully saturated rings. The molecule has 1 saturated carbocycles. The first-order valence-electron chi connectivity index (χ1n) is 9.07. The van der Waals surface area contributed by atoms with Crippen molar-refractivity contribution in [3.63, 3.8) is 0 Å². The van der Waals surface area contributed by atoms with Gasteiger partial charge in [0.05, 0.1) is 11.7 Å². The SMILES string of the molecule is O=C(NC1CCCC1)[C@@H]1CCCN(S(=O)(=O)Cc2ccc(Cl)cc2Cl)C1. The molecule has 0 bridgehead atoms. The molecule has 5 nitrogen and oxygen atoms in total. The number of nitrogens with zero attached hydrogens (tertiary/aromatic N) is 1. The van der Waals surface area contributed by atoms with Crippen LogP contribution in [0.4, 0.5) is 0 Å². The van der Waals surface area contributed by atoms with Crippen LogP contribution < -0.4 is 5.32 Å². The van der Waals surface area contributed by atoms with Crippen molar-refractivity contribution in [2.45, 2.75) is 50.3 Å². The lowest BCUT2D eigenvalue weighted by molar-refractivity contribution is -0.126. The van der Waals surface area contributed by atoms with Crippen molar-refractivity contribution in [3.8, 4) is 0 Å². The Morgan fingerprint density at radius 2 is 1.88 bits per heavy atom. The Bertz CT molecular complexity index is 764. The molecule has 1 aromatic carbocycles. The summed E-state index contributed by atoms with van der Waals surface area (Å²) in [7, 11) is -3.54. The molecule has 3 rings (SSSR count). The van der Waals surface area contributed by atoms with E-state index in [1.54, 1.807) is 18.2 Å². The van der Waals surface area contributed by atoms with E-state index in [1.165, 1.54) is 4.31 Å². The summed E-state index contributed by atoms with van der Waals surface area (Å²) in [4.78, 5) is 12.5. The maximum absolute atomic E-state index is 12.8. The van der Waals surface area contributed by atoms with Gasteiger partial charge in [0.15, 0.2) is 0 Å². The number of amides is 1. The average molecular weight is 419 g/mol. The van der Waals surface area contributed by atoms with Crippen molar-refractivity contribution in [1.29, 1.82) is 0 Å². The zero-order chi connectivity index (χ0) is 18.7. The Labute approximate surface area is 165 Å². The van der Waals surface area contributed by atoms with Gasteiger partial charge in [-0.05, 0) is 43.4 Å². The molecule has 2 aliphatic rings. The Morgan fingerprint density at radius 3 is 2.58 bits per heavy atom. The van der Waals surface area contributed by atoms with Gasteiger partial charge in [0.1, 0.15) is 0 Å². The Kier molecular flexibility index (Phi) is 6.49. The molecule has 1 saturated heterocycles. The minimum Gasteiger partial charge on any atom is -0.353 e. The highest BCUT2D eigenvalue weighted by Crippen LogP contribution is 2.27. The molecule has 1 atom stereocenters. The molecular weight excluding hydrogens is 395 g/mol. The van der Waals surface area contributed by atoms with Crippen LogP contribution in [0.15, 0.2) is 18.2 Å². The number of nitrogens with one attached hydrogen (secondary N) is 1. The van der Waals surface area contributed by atoms with Gasteiger partial charge in [-0.3, -0.25) is 4.79 Å². The van der Waals surface area contributed by atoms with Crippen molar-refractivity contribution in [2.75, 3.05) is 13.1 Å². The molecular formula is C18H24Cl2N2O3S. The van der Waals surface area contributed by atoms with Crippen molar-refractivity contribution >= 4 is 39.1 Å². The Morgan fingerprint density at radius 1 is 1.15 bits per heavy atom. The summed E-state index contributed by atoms with van der Waals surface area (Å²) >= 11 is 12.0. The van der Waals surface area contributed by atoms with Gasteiger partial charge in [-0.1, -0.05) is 42.1 Å². The van der Waals surface area contributed by atoms with Gasteiger partial charge in [-0.15, -0.1) is 0 Å². The summed E-state index contributed by atoms with van der Waals surface area (Å²) in [5.41, 5.74) is 0.522. The fraction of sp³-hybridized carbons (Fsp3) is 0.611. The quantitative estimate of drug-likeness (QED) is 0.793. The van der Waals surface area contributed by atoms with Crippen molar-refractivity contribution in [1.82, 2.24) is 9.62 Å². The monoisotopic (exact) mass is 418 g/mol. The second-order valence-electron chi connectivity index (χ2n) is 7.18. The minimum absolute atomic E-state index is 0.0127. The topological polar surface area (TPSA) is 66.5 Å². The van der Waals surface area contributed by atoms with Crippen LogP contribution in [0.1, 0.15) is 44.1 Å².